The minimum absolute atomic E-state index is 0.00433. The van der Waals surface area contributed by atoms with E-state index in [2.05, 4.69) is 35.2 Å². The molecule has 19 nitrogen and oxygen atoms in total. The first-order chi connectivity index (χ1) is 21.2. The van der Waals surface area contributed by atoms with E-state index in [1.807, 2.05) is 6.92 Å². The summed E-state index contributed by atoms with van der Waals surface area (Å²) < 4.78 is 38.8. The Morgan fingerprint density at radius 2 is 2.07 bits per heavy atom. The lowest BCUT2D eigenvalue weighted by Crippen LogP contribution is -2.48. The van der Waals surface area contributed by atoms with Gasteiger partial charge in [-0.1, -0.05) is 12.1 Å². The first-order valence-corrected chi connectivity index (χ1v) is 15.8. The van der Waals surface area contributed by atoms with E-state index >= 15 is 0 Å². The highest BCUT2D eigenvalue weighted by Gasteiger charge is 2.45. The molecule has 0 spiro atoms. The van der Waals surface area contributed by atoms with E-state index in [-0.39, 0.29) is 50.7 Å². The molecule has 1 fully saturated rings. The highest BCUT2D eigenvalue weighted by molar-refractivity contribution is 7.40. The summed E-state index contributed by atoms with van der Waals surface area (Å²) in [5, 5.41) is 7.96. The molecule has 1 aliphatic rings. The number of nitrogens with two attached hydrogens (primary N) is 2. The van der Waals surface area contributed by atoms with Crippen LogP contribution in [0.25, 0.3) is 22.3 Å². The van der Waals surface area contributed by atoms with Gasteiger partial charge in [-0.25, -0.2) is 15.0 Å². The molecule has 5 heterocycles. The SMILES string of the molecule is CC[C@@]1(OC)COP(O)O[C@@H](n2nnc3c(=O)[nH]c(N)nc32)CC(OC)OPCC[C@H]1[C@@H](OC)n1cnc2c(N)ncnc21. The van der Waals surface area contributed by atoms with E-state index in [1.165, 1.54) is 18.1 Å². The van der Waals surface area contributed by atoms with Gasteiger partial charge in [-0.15, -0.1) is 5.10 Å². The Morgan fingerprint density at radius 3 is 2.80 bits per heavy atom. The van der Waals surface area contributed by atoms with Gasteiger partial charge in [-0.3, -0.25) is 18.9 Å². The van der Waals surface area contributed by atoms with Gasteiger partial charge in [0, 0.05) is 42.5 Å². The minimum atomic E-state index is -2.54. The Bertz CT molecular complexity index is 1620. The monoisotopic (exact) mass is 655 g/mol. The van der Waals surface area contributed by atoms with Crippen molar-refractivity contribution in [3.8, 4) is 0 Å². The van der Waals surface area contributed by atoms with E-state index in [9.17, 15) is 9.69 Å². The van der Waals surface area contributed by atoms with E-state index in [0.29, 0.717) is 30.2 Å². The number of rotatable bonds is 7. The summed E-state index contributed by atoms with van der Waals surface area (Å²) in [6, 6.07) is 0. The molecule has 0 aliphatic carbocycles. The summed E-state index contributed by atoms with van der Waals surface area (Å²) in [6.07, 6.45) is 2.19. The zero-order valence-electron chi connectivity index (χ0n) is 24.5. The van der Waals surface area contributed by atoms with Gasteiger partial charge < -0.3 is 39.6 Å². The van der Waals surface area contributed by atoms with Crippen LogP contribution in [0, 0.1) is 5.92 Å². The third kappa shape index (κ3) is 6.38. The fourth-order valence-corrected chi connectivity index (χ4v) is 6.98. The third-order valence-electron chi connectivity index (χ3n) is 7.61. The van der Waals surface area contributed by atoms with Crippen molar-refractivity contribution < 1.29 is 32.7 Å². The topological polar surface area (TPSA) is 248 Å². The number of nitrogens with one attached hydrogen (secondary N) is 1. The zero-order valence-corrected chi connectivity index (χ0v) is 26.4. The molecule has 0 saturated carbocycles. The lowest BCUT2D eigenvalue weighted by Gasteiger charge is -2.42. The molecule has 0 bridgehead atoms. The van der Waals surface area contributed by atoms with Gasteiger partial charge in [0.25, 0.3) is 5.56 Å². The van der Waals surface area contributed by atoms with Gasteiger partial charge in [-0.2, -0.15) is 9.67 Å². The molecule has 4 aromatic rings. The molecule has 3 unspecified atom stereocenters. The van der Waals surface area contributed by atoms with Crippen LogP contribution in [0.1, 0.15) is 38.6 Å². The normalized spacial score (nSPS) is 27.2. The maximum Gasteiger partial charge on any atom is 0.332 e. The highest BCUT2D eigenvalue weighted by Crippen LogP contribution is 2.46. The Morgan fingerprint density at radius 1 is 1.25 bits per heavy atom. The fourth-order valence-electron chi connectivity index (χ4n) is 5.28. The zero-order chi connectivity index (χ0) is 31.4. The average Bonchev–Trinajstić information content (AvgIpc) is 3.64. The number of nitrogen functional groups attached to an aromatic ring is 2. The number of imidazole rings is 1. The molecule has 240 valence electrons. The van der Waals surface area contributed by atoms with E-state index < -0.39 is 38.5 Å². The van der Waals surface area contributed by atoms with Gasteiger partial charge in [0.1, 0.15) is 18.1 Å². The van der Waals surface area contributed by atoms with Crippen molar-refractivity contribution in [2.24, 2.45) is 5.92 Å². The first-order valence-electron chi connectivity index (χ1n) is 13.6. The molecule has 0 amide bonds. The summed E-state index contributed by atoms with van der Waals surface area (Å²) in [7, 11) is 2.10. The lowest BCUT2D eigenvalue weighted by atomic mass is 9.81. The predicted octanol–water partition coefficient (Wildman–Crippen LogP) is 1.20. The van der Waals surface area contributed by atoms with Crippen LogP contribution in [-0.2, 0) is 27.8 Å². The Labute approximate surface area is 253 Å². The van der Waals surface area contributed by atoms with Crippen LogP contribution < -0.4 is 17.0 Å². The van der Waals surface area contributed by atoms with E-state index in [1.54, 1.807) is 25.1 Å². The largest absolute Gasteiger partial charge is 0.382 e. The summed E-state index contributed by atoms with van der Waals surface area (Å²) >= 11 is 0. The van der Waals surface area contributed by atoms with Gasteiger partial charge >= 0.3 is 8.60 Å². The molecule has 7 atom stereocenters. The second-order valence-electron chi connectivity index (χ2n) is 9.87. The van der Waals surface area contributed by atoms with Crippen LogP contribution in [0.3, 0.4) is 0 Å². The molecular formula is C23H35N11O8P2. The Hall–Kier alpha value is -2.99. The second-order valence-corrected chi connectivity index (χ2v) is 11.8. The number of aromatic amines is 1. The molecular weight excluding hydrogens is 620 g/mol. The van der Waals surface area contributed by atoms with Crippen LogP contribution in [0.4, 0.5) is 11.8 Å². The van der Waals surface area contributed by atoms with Gasteiger partial charge in [0.15, 0.2) is 35.1 Å². The van der Waals surface area contributed by atoms with E-state index in [4.69, 9.17) is 39.2 Å². The number of aromatic nitrogens is 9. The van der Waals surface area contributed by atoms with Crippen molar-refractivity contribution in [1.29, 1.82) is 0 Å². The number of anilines is 2. The van der Waals surface area contributed by atoms with Crippen molar-refractivity contribution >= 4 is 51.5 Å². The van der Waals surface area contributed by atoms with Crippen LogP contribution in [0.15, 0.2) is 17.4 Å². The van der Waals surface area contributed by atoms with Crippen LogP contribution in [0.2, 0.25) is 0 Å². The van der Waals surface area contributed by atoms with Gasteiger partial charge in [0.05, 0.1) is 18.5 Å². The molecule has 21 heteroatoms. The van der Waals surface area contributed by atoms with Crippen molar-refractivity contribution in [1.82, 2.24) is 44.5 Å². The second kappa shape index (κ2) is 14.0. The molecule has 1 saturated heterocycles. The quantitative estimate of drug-likeness (QED) is 0.204. The maximum absolute atomic E-state index is 12.4. The number of H-pyrrole nitrogens is 1. The number of hydrogen-bond donors (Lipinski definition) is 4. The van der Waals surface area contributed by atoms with Crippen molar-refractivity contribution in [2.45, 2.75) is 50.5 Å². The maximum atomic E-state index is 12.4. The van der Waals surface area contributed by atoms with E-state index in [0.717, 1.165) is 0 Å². The molecule has 44 heavy (non-hydrogen) atoms. The van der Waals surface area contributed by atoms with Gasteiger partial charge in [0.2, 0.25) is 5.95 Å². The van der Waals surface area contributed by atoms with Gasteiger partial charge in [-0.05, 0) is 19.0 Å². The predicted molar refractivity (Wildman–Crippen MR) is 159 cm³/mol. The Kier molecular flexibility index (Phi) is 10.3. The summed E-state index contributed by atoms with van der Waals surface area (Å²) in [4.78, 5) is 42.8. The molecule has 0 aromatic carbocycles. The molecule has 0 radical (unpaired) electrons. The average molecular weight is 656 g/mol. The summed E-state index contributed by atoms with van der Waals surface area (Å²) in [6.45, 7) is 1.89. The smallest absolute Gasteiger partial charge is 0.332 e. The third-order valence-corrected chi connectivity index (χ3v) is 9.31. The number of nitrogens with zero attached hydrogens (tertiary/aromatic N) is 8. The number of ether oxygens (including phenoxy) is 3. The molecule has 4 aromatic heterocycles. The molecule has 5 rings (SSSR count). The first kappa shape index (κ1) is 32.4. The Balaban J connectivity index is 1.49. The summed E-state index contributed by atoms with van der Waals surface area (Å²) in [5.41, 5.74) is 11.2. The van der Waals surface area contributed by atoms with Crippen LogP contribution in [-0.4, -0.2) is 95.4 Å². The van der Waals surface area contributed by atoms with Crippen molar-refractivity contribution in [3.05, 3.63) is 23.0 Å². The highest BCUT2D eigenvalue weighted by atomic mass is 31.2. The van der Waals surface area contributed by atoms with Crippen molar-refractivity contribution in [3.63, 3.8) is 0 Å². The van der Waals surface area contributed by atoms with Crippen molar-refractivity contribution in [2.75, 3.05) is 45.6 Å². The fraction of sp³-hybridized carbons (Fsp3) is 0.609. The van der Waals surface area contributed by atoms with Crippen LogP contribution >= 0.6 is 17.4 Å². The molecule has 6 N–H and O–H groups in total. The lowest BCUT2D eigenvalue weighted by molar-refractivity contribution is -0.150. The molecule has 1 aliphatic heterocycles. The number of hydrogen-bond acceptors (Lipinski definition) is 16. The minimum Gasteiger partial charge on any atom is -0.382 e. The number of methoxy groups -OCH3 is 3. The number of fused-ring (bicyclic) bond motifs is 2. The van der Waals surface area contributed by atoms with Crippen LogP contribution in [0.5, 0.6) is 0 Å². The summed E-state index contributed by atoms with van der Waals surface area (Å²) in [5.74, 6) is -0.243. The standard InChI is InChI=1S/C23H35N11O8P2/c1-5-23(39-4)9-40-44(36)42-13(34-19-16(31-32-34)20(35)30-22(25)29-19)8-14(37-2)41-43-7-6-12(23)21(38-3)33-11-28-15-17(24)26-10-27-18(15)33/h10-14,21,36,43H,5-9H2,1-4H3,(H2,24,26,27)(H3,25,29,30,35)/t12-,13+,14?,21+,23+,44?/m0/s1.